The molecule has 0 N–H and O–H groups in total. The average molecular weight is 813 g/mol. The Bertz CT molecular complexity index is 3620. The van der Waals surface area contributed by atoms with Crippen molar-refractivity contribution in [3.8, 4) is 34.8 Å². The predicted octanol–water partition coefficient (Wildman–Crippen LogP) is 14.8. The van der Waals surface area contributed by atoms with Gasteiger partial charge in [0.2, 0.25) is 0 Å². The Balaban J connectivity index is 1.15. The zero-order valence-electron chi connectivity index (χ0n) is 35.5. The van der Waals surface area contributed by atoms with Gasteiger partial charge in [0.25, 0.3) is 0 Å². The average Bonchev–Trinajstić information content (AvgIpc) is 3.84. The Morgan fingerprint density at radius 1 is 0.429 bits per heavy atom. The third kappa shape index (κ3) is 5.55. The van der Waals surface area contributed by atoms with Crippen LogP contribution in [0, 0.1) is 36.5 Å². The number of fused-ring (bicyclic) bond motifs is 6. The van der Waals surface area contributed by atoms with E-state index in [1.807, 2.05) is 24.3 Å². The second-order valence-corrected chi connectivity index (χ2v) is 16.3. The van der Waals surface area contributed by atoms with Crippen molar-refractivity contribution in [2.45, 2.75) is 13.8 Å². The quantitative estimate of drug-likeness (QED) is 0.152. The summed E-state index contributed by atoms with van der Waals surface area (Å²) < 4.78 is 10.9. The van der Waals surface area contributed by atoms with Crippen LogP contribution in [0.3, 0.4) is 0 Å². The number of anilines is 5. The van der Waals surface area contributed by atoms with E-state index in [0.717, 1.165) is 121 Å². The fourth-order valence-electron chi connectivity index (χ4n) is 10.0. The van der Waals surface area contributed by atoms with Crippen LogP contribution in [-0.2, 0) is 0 Å². The van der Waals surface area contributed by atoms with Crippen molar-refractivity contribution in [2.24, 2.45) is 0 Å². The summed E-state index contributed by atoms with van der Waals surface area (Å²) >= 11 is 0. The number of rotatable bonds is 8. The number of ether oxygens (including phenoxy) is 2. The molecule has 11 aromatic carbocycles. The molecule has 0 saturated carbocycles. The van der Waals surface area contributed by atoms with E-state index in [4.69, 9.17) is 9.47 Å². The summed E-state index contributed by atoms with van der Waals surface area (Å²) in [4.78, 5) is 4.45. The van der Waals surface area contributed by atoms with E-state index in [1.165, 1.54) is 5.56 Å². The minimum Gasteiger partial charge on any atom is -0.497 e. The first-order chi connectivity index (χ1) is 30.8. The molecule has 0 aromatic heterocycles. The fourth-order valence-corrected chi connectivity index (χ4v) is 10.0. The maximum atomic E-state index is 11.3. The highest BCUT2D eigenvalue weighted by Crippen LogP contribution is 2.52. The van der Waals surface area contributed by atoms with Crippen molar-refractivity contribution in [1.82, 2.24) is 0 Å². The van der Waals surface area contributed by atoms with Crippen molar-refractivity contribution in [2.75, 3.05) is 31.1 Å². The molecule has 0 aliphatic rings. The second-order valence-electron chi connectivity index (χ2n) is 16.3. The lowest BCUT2D eigenvalue weighted by Crippen LogP contribution is -2.10. The molecule has 63 heavy (non-hydrogen) atoms. The summed E-state index contributed by atoms with van der Waals surface area (Å²) in [7, 11) is 5.43. The van der Waals surface area contributed by atoms with Crippen LogP contribution in [-0.4, -0.2) is 21.3 Å². The van der Waals surface area contributed by atoms with E-state index in [9.17, 15) is 10.5 Å². The highest BCUT2D eigenvalue weighted by atomic mass is 16.5. The van der Waals surface area contributed by atoms with Crippen molar-refractivity contribution in [3.63, 3.8) is 0 Å². The Labute approximate surface area is 365 Å². The smallest absolute Gasteiger partial charge is 0.119 e. The molecule has 0 bridgehead atoms. The van der Waals surface area contributed by atoms with E-state index in [2.05, 4.69) is 170 Å². The van der Waals surface area contributed by atoms with Crippen LogP contribution >= 0.6 is 0 Å². The number of hydrogen-bond acceptors (Lipinski definition) is 6. The van der Waals surface area contributed by atoms with Gasteiger partial charge in [-0.05, 0) is 147 Å². The van der Waals surface area contributed by atoms with Gasteiger partial charge in [-0.25, -0.2) is 0 Å². The Kier molecular flexibility index (Phi) is 8.61. The number of methoxy groups -OCH3 is 2. The zero-order valence-corrected chi connectivity index (χ0v) is 35.5. The van der Waals surface area contributed by atoms with Crippen LogP contribution in [0.1, 0.15) is 22.3 Å². The van der Waals surface area contributed by atoms with Gasteiger partial charge >= 0.3 is 0 Å². The maximum absolute atomic E-state index is 11.3. The second kappa shape index (κ2) is 14.4. The van der Waals surface area contributed by atoms with Crippen LogP contribution in [0.15, 0.2) is 152 Å². The van der Waals surface area contributed by atoms with Crippen molar-refractivity contribution in [3.05, 3.63) is 174 Å². The van der Waals surface area contributed by atoms with E-state index < -0.39 is 0 Å². The van der Waals surface area contributed by atoms with Crippen molar-refractivity contribution < 1.29 is 9.47 Å². The minimum atomic E-state index is 0.597. The third-order valence-electron chi connectivity index (χ3n) is 13.1. The van der Waals surface area contributed by atoms with Gasteiger partial charge in [0.1, 0.15) is 23.6 Å². The molecule has 0 aliphatic carbocycles. The maximum Gasteiger partial charge on any atom is 0.119 e. The summed E-state index contributed by atoms with van der Waals surface area (Å²) in [5.74, 6) is 1.60. The SMILES string of the molecule is COc1ccc(N(C)c2ccc(C)c(-c3ccc4c5c(C#N)c6c7cccc8c(N(c9ccc(C)cc9)c9ccc(OC)cc9)ccc(c6c(C#N)c5c5cccc3c45)c87)c2)cc1. The first kappa shape index (κ1) is 37.7. The van der Waals surface area contributed by atoms with Crippen LogP contribution in [0.5, 0.6) is 11.5 Å². The van der Waals surface area contributed by atoms with E-state index in [1.54, 1.807) is 14.2 Å². The Morgan fingerprint density at radius 2 is 0.889 bits per heavy atom. The van der Waals surface area contributed by atoms with E-state index in [-0.39, 0.29) is 0 Å². The largest absolute Gasteiger partial charge is 0.497 e. The van der Waals surface area contributed by atoms with Crippen LogP contribution in [0.25, 0.3) is 75.8 Å². The van der Waals surface area contributed by atoms with E-state index in [0.29, 0.717) is 11.1 Å². The Morgan fingerprint density at radius 3 is 1.44 bits per heavy atom. The lowest BCUT2D eigenvalue weighted by Gasteiger charge is -2.27. The molecule has 11 rings (SSSR count). The van der Waals surface area contributed by atoms with Crippen LogP contribution in [0.4, 0.5) is 28.4 Å². The standard InChI is InChI=1S/C57H40N4O2/c1-33-12-15-36(16-13-33)61(37-20-24-40(63-5)25-21-37)51-29-28-47-53-43(51)9-7-11-45(53)55-50(32-59)56-46-27-26-41(42-8-6-10-44(52(42)46)54(56)49(31-58)57(47)55)48-30-38(17-14-34(48)2)60(3)35-18-22-39(62-4)23-19-35/h6-30H,1-5H3. The lowest BCUT2D eigenvalue weighted by atomic mass is 9.92. The molecule has 11 aromatic rings. The van der Waals surface area contributed by atoms with Gasteiger partial charge in [-0.2, -0.15) is 10.5 Å². The van der Waals surface area contributed by atoms with Gasteiger partial charge < -0.3 is 19.3 Å². The molecule has 6 heteroatoms. The summed E-state index contributed by atoms with van der Waals surface area (Å²) in [5, 5.41) is 34.1. The summed E-state index contributed by atoms with van der Waals surface area (Å²) in [6.07, 6.45) is 0. The molecule has 0 unspecified atom stereocenters. The van der Waals surface area contributed by atoms with Gasteiger partial charge in [-0.1, -0.05) is 78.4 Å². The van der Waals surface area contributed by atoms with Crippen molar-refractivity contribution in [1.29, 1.82) is 10.5 Å². The number of hydrogen-bond donors (Lipinski definition) is 0. The minimum absolute atomic E-state index is 0.597. The molecular formula is C57H40N4O2. The topological polar surface area (TPSA) is 72.5 Å². The molecule has 300 valence electrons. The van der Waals surface area contributed by atoms with E-state index >= 15 is 0 Å². The normalized spacial score (nSPS) is 11.5. The van der Waals surface area contributed by atoms with Gasteiger partial charge in [0, 0.05) is 56.7 Å². The summed E-state index contributed by atoms with van der Waals surface area (Å²) in [5.41, 5.74) is 10.9. The Hall–Kier alpha value is -8.32. The van der Waals surface area contributed by atoms with Crippen LogP contribution < -0.4 is 19.3 Å². The molecule has 0 amide bonds. The number of aryl methyl sites for hydroxylation is 2. The molecule has 6 nitrogen and oxygen atoms in total. The first-order valence-corrected chi connectivity index (χ1v) is 21.0. The highest BCUT2D eigenvalue weighted by molar-refractivity contribution is 6.42. The molecule has 0 radical (unpaired) electrons. The van der Waals surface area contributed by atoms with Gasteiger partial charge in [-0.3, -0.25) is 0 Å². The molecule has 0 atom stereocenters. The third-order valence-corrected chi connectivity index (χ3v) is 13.1. The fraction of sp³-hybridized carbons (Fsp3) is 0.0877. The highest BCUT2D eigenvalue weighted by Gasteiger charge is 2.28. The summed E-state index contributed by atoms with van der Waals surface area (Å²) in [6, 6.07) is 58.1. The van der Waals surface area contributed by atoms with Gasteiger partial charge in [-0.15, -0.1) is 0 Å². The first-order valence-electron chi connectivity index (χ1n) is 21.0. The number of nitrogens with zero attached hydrogens (tertiary/aromatic N) is 4. The molecule has 0 aliphatic heterocycles. The van der Waals surface area contributed by atoms with Crippen molar-refractivity contribution >= 4 is 93.1 Å². The monoisotopic (exact) mass is 812 g/mol. The molecular weight excluding hydrogens is 773 g/mol. The molecule has 0 spiro atoms. The van der Waals surface area contributed by atoms with Gasteiger partial charge in [0.15, 0.2) is 0 Å². The lowest BCUT2D eigenvalue weighted by molar-refractivity contribution is 0.414. The molecule has 0 fully saturated rings. The molecule has 0 saturated heterocycles. The number of nitriles is 2. The zero-order chi connectivity index (χ0) is 43.1. The summed E-state index contributed by atoms with van der Waals surface area (Å²) in [6.45, 7) is 4.24. The van der Waals surface area contributed by atoms with Gasteiger partial charge in [0.05, 0.1) is 31.0 Å². The number of benzene rings is 9. The predicted molar refractivity (Wildman–Crippen MR) is 260 cm³/mol. The van der Waals surface area contributed by atoms with Crippen LogP contribution in [0.2, 0.25) is 0 Å². The molecule has 0 heterocycles.